The van der Waals surface area contributed by atoms with Crippen molar-refractivity contribution in [3.05, 3.63) is 81.0 Å². The van der Waals surface area contributed by atoms with Gasteiger partial charge in [-0.1, -0.05) is 50.2 Å². The van der Waals surface area contributed by atoms with Crippen LogP contribution >= 0.6 is 0 Å². The molecule has 1 aromatic heterocycles. The van der Waals surface area contributed by atoms with Gasteiger partial charge < -0.3 is 5.11 Å². The number of benzene rings is 2. The lowest BCUT2D eigenvalue weighted by atomic mass is 9.73. The minimum Gasteiger partial charge on any atom is -0.384 e. The highest BCUT2D eigenvalue weighted by molar-refractivity contribution is 6.07. The summed E-state index contributed by atoms with van der Waals surface area (Å²) >= 11 is 0. The van der Waals surface area contributed by atoms with Crippen molar-refractivity contribution in [2.24, 2.45) is 5.41 Å². The normalized spacial score (nSPS) is 18.5. The Bertz CT molecular complexity index is 1250. The molecule has 0 spiro atoms. The van der Waals surface area contributed by atoms with Crippen molar-refractivity contribution in [2.45, 2.75) is 32.8 Å². The summed E-state index contributed by atoms with van der Waals surface area (Å²) in [5.41, 5.74) is 4.82. The molecule has 2 aliphatic carbocycles. The van der Waals surface area contributed by atoms with E-state index in [1.54, 1.807) is 12.1 Å². The molecule has 1 N–H and O–H groups in total. The Morgan fingerprint density at radius 3 is 2.63 bits per heavy atom. The molecule has 1 atom stereocenters. The molecule has 0 amide bonds. The standard InChI is InChI=1S/C24H20N2O4/c1-24(2)11-17-20(18(27)12-24)19(13-6-5-7-14(10-13)26(29)30)21-22(25-17)15-8-3-4-9-16(15)23(21)28/h3-10,23,28H,11-12H2,1-2H3/t23-/m0/s1. The topological polar surface area (TPSA) is 93.3 Å². The average Bonchev–Trinajstić information content (AvgIpc) is 2.98. The van der Waals surface area contributed by atoms with E-state index >= 15 is 0 Å². The van der Waals surface area contributed by atoms with Crippen molar-refractivity contribution in [3.8, 4) is 22.4 Å². The van der Waals surface area contributed by atoms with Gasteiger partial charge in [0.1, 0.15) is 6.10 Å². The number of Topliss-reactive ketones (excluding diaryl/α,β-unsaturated/α-hetero) is 1. The molecule has 6 heteroatoms. The summed E-state index contributed by atoms with van der Waals surface area (Å²) in [4.78, 5) is 29.0. The van der Waals surface area contributed by atoms with E-state index in [4.69, 9.17) is 4.98 Å². The van der Waals surface area contributed by atoms with E-state index in [1.165, 1.54) is 12.1 Å². The number of ketones is 1. The van der Waals surface area contributed by atoms with E-state index in [-0.39, 0.29) is 16.9 Å². The molecule has 0 unspecified atom stereocenters. The van der Waals surface area contributed by atoms with Gasteiger partial charge in [-0.15, -0.1) is 0 Å². The van der Waals surface area contributed by atoms with Gasteiger partial charge in [0, 0.05) is 40.8 Å². The Morgan fingerprint density at radius 2 is 1.87 bits per heavy atom. The molecule has 5 rings (SSSR count). The molecular formula is C24H20N2O4. The number of aliphatic hydroxyl groups is 1. The Labute approximate surface area is 173 Å². The molecule has 0 fully saturated rings. The first-order valence-electron chi connectivity index (χ1n) is 9.89. The van der Waals surface area contributed by atoms with Crippen molar-refractivity contribution >= 4 is 11.5 Å². The van der Waals surface area contributed by atoms with Crippen LogP contribution in [0.15, 0.2) is 48.5 Å². The van der Waals surface area contributed by atoms with Gasteiger partial charge in [0.15, 0.2) is 5.78 Å². The minimum absolute atomic E-state index is 0.0405. The molecule has 0 aliphatic heterocycles. The first-order chi connectivity index (χ1) is 14.3. The number of non-ortho nitro benzene ring substituents is 1. The minimum atomic E-state index is -0.939. The van der Waals surface area contributed by atoms with Crippen LogP contribution in [0.2, 0.25) is 0 Å². The van der Waals surface area contributed by atoms with Gasteiger partial charge in [-0.2, -0.15) is 0 Å². The molecule has 0 saturated carbocycles. The molecular weight excluding hydrogens is 380 g/mol. The van der Waals surface area contributed by atoms with Crippen LogP contribution in [-0.4, -0.2) is 20.8 Å². The van der Waals surface area contributed by atoms with Gasteiger partial charge in [0.2, 0.25) is 0 Å². The quantitative estimate of drug-likeness (QED) is 0.489. The van der Waals surface area contributed by atoms with Gasteiger partial charge in [0.05, 0.1) is 16.3 Å². The third-order valence-electron chi connectivity index (χ3n) is 6.00. The van der Waals surface area contributed by atoms with Gasteiger partial charge in [-0.3, -0.25) is 19.9 Å². The van der Waals surface area contributed by atoms with Crippen LogP contribution in [0, 0.1) is 15.5 Å². The Balaban J connectivity index is 1.88. The van der Waals surface area contributed by atoms with Crippen LogP contribution in [0.1, 0.15) is 53.6 Å². The maximum atomic E-state index is 13.2. The summed E-state index contributed by atoms with van der Waals surface area (Å²) in [5.74, 6) is -0.0405. The fourth-order valence-electron chi connectivity index (χ4n) is 4.77. The lowest BCUT2D eigenvalue weighted by Gasteiger charge is -2.32. The van der Waals surface area contributed by atoms with Crippen LogP contribution in [0.4, 0.5) is 5.69 Å². The highest BCUT2D eigenvalue weighted by Crippen LogP contribution is 2.50. The second-order valence-electron chi connectivity index (χ2n) is 8.81. The third kappa shape index (κ3) is 2.68. The number of hydrogen-bond donors (Lipinski definition) is 1. The molecule has 0 bridgehead atoms. The van der Waals surface area contributed by atoms with Crippen molar-refractivity contribution < 1.29 is 14.8 Å². The van der Waals surface area contributed by atoms with Crippen LogP contribution in [0.25, 0.3) is 22.4 Å². The number of carbonyl (C=O) groups is 1. The van der Waals surface area contributed by atoms with Crippen LogP contribution in [0.5, 0.6) is 0 Å². The molecule has 6 nitrogen and oxygen atoms in total. The molecule has 150 valence electrons. The zero-order valence-electron chi connectivity index (χ0n) is 16.7. The number of fused-ring (bicyclic) bond motifs is 4. The number of nitrogens with zero attached hydrogens (tertiary/aromatic N) is 2. The molecule has 2 aliphatic rings. The van der Waals surface area contributed by atoms with E-state index in [2.05, 4.69) is 0 Å². The second kappa shape index (κ2) is 6.31. The van der Waals surface area contributed by atoms with E-state index in [1.807, 2.05) is 38.1 Å². The number of nitro groups is 1. The Kier molecular flexibility index (Phi) is 3.92. The van der Waals surface area contributed by atoms with E-state index in [0.29, 0.717) is 46.5 Å². The molecule has 0 radical (unpaired) electrons. The second-order valence-corrected chi connectivity index (χ2v) is 8.81. The molecule has 30 heavy (non-hydrogen) atoms. The van der Waals surface area contributed by atoms with E-state index in [9.17, 15) is 20.0 Å². The lowest BCUT2D eigenvalue weighted by molar-refractivity contribution is -0.384. The van der Waals surface area contributed by atoms with Crippen molar-refractivity contribution in [3.63, 3.8) is 0 Å². The third-order valence-corrected chi connectivity index (χ3v) is 6.00. The van der Waals surface area contributed by atoms with Gasteiger partial charge >= 0.3 is 0 Å². The smallest absolute Gasteiger partial charge is 0.270 e. The zero-order chi connectivity index (χ0) is 21.2. The monoisotopic (exact) mass is 400 g/mol. The fourth-order valence-corrected chi connectivity index (χ4v) is 4.77. The van der Waals surface area contributed by atoms with E-state index in [0.717, 1.165) is 11.1 Å². The van der Waals surface area contributed by atoms with Gasteiger partial charge in [0.25, 0.3) is 5.69 Å². The largest absolute Gasteiger partial charge is 0.384 e. The molecule has 0 saturated heterocycles. The van der Waals surface area contributed by atoms with Crippen molar-refractivity contribution in [1.29, 1.82) is 0 Å². The predicted molar refractivity (Wildman–Crippen MR) is 112 cm³/mol. The number of aliphatic hydroxyl groups excluding tert-OH is 1. The Morgan fingerprint density at radius 1 is 1.10 bits per heavy atom. The number of aromatic nitrogens is 1. The summed E-state index contributed by atoms with van der Waals surface area (Å²) in [6.45, 7) is 4.08. The number of rotatable bonds is 2. The average molecular weight is 400 g/mol. The summed E-state index contributed by atoms with van der Waals surface area (Å²) in [7, 11) is 0. The molecule has 2 aromatic carbocycles. The first kappa shape index (κ1) is 18.6. The summed E-state index contributed by atoms with van der Waals surface area (Å²) in [5, 5.41) is 22.5. The summed E-state index contributed by atoms with van der Waals surface area (Å²) < 4.78 is 0. The van der Waals surface area contributed by atoms with Gasteiger partial charge in [-0.05, 0) is 23.0 Å². The van der Waals surface area contributed by atoms with Crippen molar-refractivity contribution in [2.75, 3.05) is 0 Å². The maximum Gasteiger partial charge on any atom is 0.270 e. The SMILES string of the molecule is CC1(C)CC(=O)c2c(nc3c(c2-c2cccc([N+](=O)[O-])c2)[C@@H](O)c2ccccc2-3)C1. The Hall–Kier alpha value is -3.38. The predicted octanol–water partition coefficient (Wildman–Crippen LogP) is 4.87. The summed E-state index contributed by atoms with van der Waals surface area (Å²) in [6.07, 6.45) is 0.0541. The van der Waals surface area contributed by atoms with Gasteiger partial charge in [-0.25, -0.2) is 0 Å². The van der Waals surface area contributed by atoms with E-state index < -0.39 is 11.0 Å². The maximum absolute atomic E-state index is 13.2. The number of carbonyl (C=O) groups excluding carboxylic acids is 1. The number of hydrogen-bond acceptors (Lipinski definition) is 5. The number of pyridine rings is 1. The van der Waals surface area contributed by atoms with Crippen LogP contribution in [0.3, 0.4) is 0 Å². The highest BCUT2D eigenvalue weighted by atomic mass is 16.6. The van der Waals surface area contributed by atoms with Crippen LogP contribution < -0.4 is 0 Å². The van der Waals surface area contributed by atoms with Crippen molar-refractivity contribution in [1.82, 2.24) is 4.98 Å². The molecule has 3 aromatic rings. The fraction of sp³-hybridized carbons (Fsp3) is 0.250. The highest BCUT2D eigenvalue weighted by Gasteiger charge is 2.40. The zero-order valence-corrected chi connectivity index (χ0v) is 16.7. The summed E-state index contributed by atoms with van der Waals surface area (Å²) in [6, 6.07) is 13.8. The molecule has 1 heterocycles. The first-order valence-corrected chi connectivity index (χ1v) is 9.89. The number of nitro benzene ring substituents is 1. The lowest BCUT2D eigenvalue weighted by Crippen LogP contribution is -2.29. The van der Waals surface area contributed by atoms with Crippen LogP contribution in [-0.2, 0) is 6.42 Å².